The second-order valence-electron chi connectivity index (χ2n) is 4.93. The molecular formula is C12H13BrN4O. The van der Waals surface area contributed by atoms with Crippen LogP contribution in [0.15, 0.2) is 22.8 Å². The van der Waals surface area contributed by atoms with Crippen molar-refractivity contribution < 1.29 is 4.74 Å². The van der Waals surface area contributed by atoms with Crippen molar-refractivity contribution in [2.45, 2.75) is 26.0 Å². The fourth-order valence-electron chi connectivity index (χ4n) is 2.20. The molecule has 5 nitrogen and oxygen atoms in total. The normalized spacial score (nSPS) is 17.5. The molecule has 0 saturated heterocycles. The number of halogens is 1. The third-order valence-corrected chi connectivity index (χ3v) is 3.41. The smallest absolute Gasteiger partial charge is 0.183 e. The van der Waals surface area contributed by atoms with Crippen molar-refractivity contribution in [1.82, 2.24) is 19.7 Å². The van der Waals surface area contributed by atoms with Crippen LogP contribution in [-0.4, -0.2) is 26.4 Å². The van der Waals surface area contributed by atoms with Gasteiger partial charge in [0, 0.05) is 0 Å². The highest BCUT2D eigenvalue weighted by molar-refractivity contribution is 9.10. The monoisotopic (exact) mass is 308 g/mol. The number of aromatic nitrogens is 4. The Morgan fingerprint density at radius 3 is 2.94 bits per heavy atom. The molecule has 0 aromatic carbocycles. The van der Waals surface area contributed by atoms with E-state index in [1.165, 1.54) is 0 Å². The van der Waals surface area contributed by atoms with E-state index in [0.717, 1.165) is 21.9 Å². The highest BCUT2D eigenvalue weighted by Crippen LogP contribution is 2.29. The summed E-state index contributed by atoms with van der Waals surface area (Å²) in [6.07, 6.45) is 0. The number of pyridine rings is 1. The summed E-state index contributed by atoms with van der Waals surface area (Å²) in [4.78, 5) is 4.44. The van der Waals surface area contributed by atoms with Gasteiger partial charge in [0.2, 0.25) is 0 Å². The first-order chi connectivity index (χ1) is 8.58. The maximum atomic E-state index is 5.53. The van der Waals surface area contributed by atoms with Crippen LogP contribution >= 0.6 is 15.9 Å². The Kier molecular flexibility index (Phi) is 2.71. The van der Waals surface area contributed by atoms with E-state index in [2.05, 4.69) is 49.5 Å². The number of rotatable bonds is 1. The van der Waals surface area contributed by atoms with Gasteiger partial charge >= 0.3 is 0 Å². The minimum atomic E-state index is -0.156. The van der Waals surface area contributed by atoms with Gasteiger partial charge in [-0.3, -0.25) is 4.57 Å². The number of ether oxygens (including phenoxy) is 1. The molecule has 2 aromatic rings. The molecule has 1 aliphatic rings. The van der Waals surface area contributed by atoms with Crippen LogP contribution in [0.5, 0.6) is 0 Å². The lowest BCUT2D eigenvalue weighted by atomic mass is 10.0. The molecule has 18 heavy (non-hydrogen) atoms. The topological polar surface area (TPSA) is 52.8 Å². The number of fused-ring (bicyclic) bond motifs is 1. The first-order valence-corrected chi connectivity index (χ1v) is 6.53. The van der Waals surface area contributed by atoms with Gasteiger partial charge in [0.1, 0.15) is 16.9 Å². The fourth-order valence-corrected chi connectivity index (χ4v) is 2.55. The van der Waals surface area contributed by atoms with Crippen LogP contribution in [-0.2, 0) is 16.9 Å². The highest BCUT2D eigenvalue weighted by Gasteiger charge is 2.32. The Hall–Kier alpha value is -1.27. The van der Waals surface area contributed by atoms with Gasteiger partial charge in [-0.15, -0.1) is 10.2 Å². The summed E-state index contributed by atoms with van der Waals surface area (Å²) in [6.45, 7) is 5.38. The average molecular weight is 309 g/mol. The van der Waals surface area contributed by atoms with Crippen LogP contribution in [0.3, 0.4) is 0 Å². The summed E-state index contributed by atoms with van der Waals surface area (Å²) in [7, 11) is 0. The molecule has 0 unspecified atom stereocenters. The largest absolute Gasteiger partial charge is 0.371 e. The first kappa shape index (κ1) is 11.8. The molecule has 0 fully saturated rings. The zero-order valence-electron chi connectivity index (χ0n) is 10.2. The molecule has 0 radical (unpaired) electrons. The third-order valence-electron chi connectivity index (χ3n) is 2.97. The van der Waals surface area contributed by atoms with Crippen molar-refractivity contribution in [2.24, 2.45) is 0 Å². The Bertz CT molecular complexity index is 594. The second kappa shape index (κ2) is 4.13. The lowest BCUT2D eigenvalue weighted by Gasteiger charge is -2.32. The van der Waals surface area contributed by atoms with E-state index in [4.69, 9.17) is 4.74 Å². The minimum absolute atomic E-state index is 0.156. The van der Waals surface area contributed by atoms with E-state index in [1.54, 1.807) is 0 Å². The lowest BCUT2D eigenvalue weighted by molar-refractivity contribution is 0.0190. The molecule has 3 heterocycles. The van der Waals surface area contributed by atoms with Crippen LogP contribution in [0.1, 0.15) is 19.7 Å². The Balaban J connectivity index is 2.17. The van der Waals surface area contributed by atoms with Gasteiger partial charge in [0.05, 0.1) is 12.1 Å². The van der Waals surface area contributed by atoms with Gasteiger partial charge in [0.25, 0.3) is 0 Å². The van der Waals surface area contributed by atoms with Gasteiger partial charge in [-0.25, -0.2) is 4.98 Å². The van der Waals surface area contributed by atoms with Crippen molar-refractivity contribution in [2.75, 3.05) is 6.61 Å². The van der Waals surface area contributed by atoms with Crippen LogP contribution in [0.25, 0.3) is 11.5 Å². The zero-order valence-corrected chi connectivity index (χ0v) is 11.8. The van der Waals surface area contributed by atoms with Gasteiger partial charge < -0.3 is 4.74 Å². The SMILES string of the molecule is CC1(C)COCc2nnc(-c3cccc(Br)n3)n21. The Morgan fingerprint density at radius 2 is 2.17 bits per heavy atom. The summed E-state index contributed by atoms with van der Waals surface area (Å²) in [5.74, 6) is 1.64. The van der Waals surface area contributed by atoms with Crippen LogP contribution in [0.2, 0.25) is 0 Å². The third kappa shape index (κ3) is 1.85. The number of nitrogens with zero attached hydrogens (tertiary/aromatic N) is 4. The maximum Gasteiger partial charge on any atom is 0.183 e. The van der Waals surface area contributed by atoms with E-state index in [9.17, 15) is 0 Å². The summed E-state index contributed by atoms with van der Waals surface area (Å²) in [6, 6.07) is 5.78. The number of hydrogen-bond donors (Lipinski definition) is 0. The summed E-state index contributed by atoms with van der Waals surface area (Å²) >= 11 is 3.38. The van der Waals surface area contributed by atoms with Crippen molar-refractivity contribution in [3.05, 3.63) is 28.6 Å². The standard InChI is InChI=1S/C12H13BrN4O/c1-12(2)7-18-6-10-15-16-11(17(10)12)8-4-3-5-9(13)14-8/h3-5H,6-7H2,1-2H3. The second-order valence-corrected chi connectivity index (χ2v) is 5.74. The molecule has 1 aliphatic heterocycles. The first-order valence-electron chi connectivity index (χ1n) is 5.73. The molecule has 0 atom stereocenters. The van der Waals surface area contributed by atoms with Crippen molar-refractivity contribution in [1.29, 1.82) is 0 Å². The molecule has 0 N–H and O–H groups in total. The van der Waals surface area contributed by atoms with E-state index >= 15 is 0 Å². The lowest BCUT2D eigenvalue weighted by Crippen LogP contribution is -2.38. The Labute approximate surface area is 113 Å². The minimum Gasteiger partial charge on any atom is -0.371 e. The van der Waals surface area contributed by atoms with E-state index in [-0.39, 0.29) is 5.54 Å². The average Bonchev–Trinajstić information content (AvgIpc) is 2.74. The van der Waals surface area contributed by atoms with Gasteiger partial charge in [-0.2, -0.15) is 0 Å². The van der Waals surface area contributed by atoms with Gasteiger partial charge in [-0.05, 0) is 41.9 Å². The molecule has 0 saturated carbocycles. The molecule has 0 amide bonds. The van der Waals surface area contributed by atoms with Crippen LogP contribution in [0.4, 0.5) is 0 Å². The molecule has 3 rings (SSSR count). The predicted molar refractivity (Wildman–Crippen MR) is 69.9 cm³/mol. The van der Waals surface area contributed by atoms with Crippen molar-refractivity contribution >= 4 is 15.9 Å². The molecule has 94 valence electrons. The summed E-state index contributed by atoms with van der Waals surface area (Å²) < 4.78 is 8.44. The predicted octanol–water partition coefficient (Wildman–Crippen LogP) is 2.37. The molecule has 0 aliphatic carbocycles. The molecule has 0 spiro atoms. The quantitative estimate of drug-likeness (QED) is 0.759. The summed E-state index contributed by atoms with van der Waals surface area (Å²) in [5.41, 5.74) is 0.661. The van der Waals surface area contributed by atoms with Crippen LogP contribution in [0, 0.1) is 0 Å². The van der Waals surface area contributed by atoms with Gasteiger partial charge in [-0.1, -0.05) is 6.07 Å². The van der Waals surface area contributed by atoms with E-state index < -0.39 is 0 Å². The van der Waals surface area contributed by atoms with Gasteiger partial charge in [0.15, 0.2) is 11.6 Å². The maximum absolute atomic E-state index is 5.53. The molecule has 0 bridgehead atoms. The van der Waals surface area contributed by atoms with Crippen LogP contribution < -0.4 is 0 Å². The molecule has 6 heteroatoms. The van der Waals surface area contributed by atoms with Crippen molar-refractivity contribution in [3.63, 3.8) is 0 Å². The van der Waals surface area contributed by atoms with E-state index in [0.29, 0.717) is 13.2 Å². The van der Waals surface area contributed by atoms with E-state index in [1.807, 2.05) is 18.2 Å². The number of hydrogen-bond acceptors (Lipinski definition) is 4. The molecular weight excluding hydrogens is 296 g/mol. The molecule has 2 aromatic heterocycles. The fraction of sp³-hybridized carbons (Fsp3) is 0.417. The highest BCUT2D eigenvalue weighted by atomic mass is 79.9. The summed E-state index contributed by atoms with van der Waals surface area (Å²) in [5, 5.41) is 8.45. The van der Waals surface area contributed by atoms with Crippen molar-refractivity contribution in [3.8, 4) is 11.5 Å². The zero-order chi connectivity index (χ0) is 12.8. The Morgan fingerprint density at radius 1 is 1.33 bits per heavy atom.